The van der Waals surface area contributed by atoms with E-state index in [1.807, 2.05) is 0 Å². The molecule has 3 heterocycles. The van der Waals surface area contributed by atoms with Crippen LogP contribution in [0.4, 0.5) is 13.2 Å². The number of nitrogens with zero attached hydrogens (tertiary/aromatic N) is 5. The van der Waals surface area contributed by atoms with E-state index < -0.39 is 27.5 Å². The molecule has 0 amide bonds. The monoisotopic (exact) mass is 405 g/mol. The summed E-state index contributed by atoms with van der Waals surface area (Å²) in [6, 6.07) is 0.474. The van der Waals surface area contributed by atoms with Crippen molar-refractivity contribution in [2.45, 2.75) is 30.5 Å². The molecule has 0 spiro atoms. The van der Waals surface area contributed by atoms with Gasteiger partial charge in [0.05, 0.1) is 12.5 Å². The van der Waals surface area contributed by atoms with Gasteiger partial charge in [0.1, 0.15) is 4.90 Å². The third-order valence-electron chi connectivity index (χ3n) is 4.52. The number of sulfonamides is 1. The molecule has 8 nitrogen and oxygen atoms in total. The molecule has 0 bridgehead atoms. The van der Waals surface area contributed by atoms with E-state index in [0.29, 0.717) is 18.9 Å². The van der Waals surface area contributed by atoms with E-state index in [9.17, 15) is 26.4 Å². The van der Waals surface area contributed by atoms with Crippen LogP contribution in [0.5, 0.6) is 0 Å². The number of hydrogen-bond donors (Lipinski definition) is 0. The second-order valence-electron chi connectivity index (χ2n) is 6.46. The largest absolute Gasteiger partial charge is 0.433 e. The van der Waals surface area contributed by atoms with E-state index in [1.165, 1.54) is 21.4 Å². The molecule has 1 aliphatic heterocycles. The number of rotatable bonds is 4. The van der Waals surface area contributed by atoms with E-state index in [2.05, 4.69) is 10.1 Å². The molecule has 12 heteroatoms. The van der Waals surface area contributed by atoms with Gasteiger partial charge in [0.25, 0.3) is 5.56 Å². The molecule has 2 aromatic heterocycles. The van der Waals surface area contributed by atoms with Crippen LogP contribution in [-0.4, -0.2) is 45.1 Å². The second-order valence-corrected chi connectivity index (χ2v) is 8.40. The molecule has 1 aliphatic rings. The first-order chi connectivity index (χ1) is 12.6. The summed E-state index contributed by atoms with van der Waals surface area (Å²) in [4.78, 5) is 15.3. The van der Waals surface area contributed by atoms with Crippen molar-refractivity contribution in [3.05, 3.63) is 40.8 Å². The van der Waals surface area contributed by atoms with Crippen molar-refractivity contribution in [1.82, 2.24) is 23.6 Å². The summed E-state index contributed by atoms with van der Waals surface area (Å²) in [6.45, 7) is 0.736. The summed E-state index contributed by atoms with van der Waals surface area (Å²) < 4.78 is 66.7. The van der Waals surface area contributed by atoms with Gasteiger partial charge in [-0.1, -0.05) is 0 Å². The molecule has 27 heavy (non-hydrogen) atoms. The molecule has 1 fully saturated rings. The maximum atomic E-state index is 12.6. The Morgan fingerprint density at radius 2 is 1.93 bits per heavy atom. The summed E-state index contributed by atoms with van der Waals surface area (Å²) in [5.41, 5.74) is -2.00. The summed E-state index contributed by atoms with van der Waals surface area (Å²) >= 11 is 0. The third-order valence-corrected chi connectivity index (χ3v) is 6.37. The van der Waals surface area contributed by atoms with E-state index in [0.717, 1.165) is 10.9 Å². The molecule has 148 valence electrons. The first-order valence-electron chi connectivity index (χ1n) is 8.20. The lowest BCUT2D eigenvalue weighted by atomic mass is 9.98. The minimum atomic E-state index is -4.66. The van der Waals surface area contributed by atoms with E-state index in [-0.39, 0.29) is 30.4 Å². The first kappa shape index (κ1) is 19.5. The average Bonchev–Trinajstić information content (AvgIpc) is 3.03. The number of hydrogen-bond acceptors (Lipinski definition) is 5. The van der Waals surface area contributed by atoms with Crippen LogP contribution in [0.15, 0.2) is 34.5 Å². The number of alkyl halides is 3. The lowest BCUT2D eigenvalue weighted by Gasteiger charge is -2.31. The predicted octanol–water partition coefficient (Wildman–Crippen LogP) is 1.10. The number of halogens is 3. The number of aryl methyl sites for hydroxylation is 1. The number of aromatic nitrogens is 4. The molecule has 0 atom stereocenters. The normalized spacial score (nSPS) is 17.3. The van der Waals surface area contributed by atoms with Crippen LogP contribution < -0.4 is 5.56 Å². The zero-order valence-corrected chi connectivity index (χ0v) is 15.2. The van der Waals surface area contributed by atoms with Gasteiger partial charge in [-0.05, 0) is 18.8 Å². The molecule has 0 N–H and O–H groups in total. The maximum Gasteiger partial charge on any atom is 0.433 e. The fourth-order valence-electron chi connectivity index (χ4n) is 3.01. The predicted molar refractivity (Wildman–Crippen MR) is 88.2 cm³/mol. The smallest absolute Gasteiger partial charge is 0.299 e. The fourth-order valence-corrected chi connectivity index (χ4v) is 4.47. The minimum Gasteiger partial charge on any atom is -0.299 e. The fraction of sp³-hybridized carbons (Fsp3) is 0.533. The Balaban J connectivity index is 1.64. The van der Waals surface area contributed by atoms with Gasteiger partial charge < -0.3 is 0 Å². The van der Waals surface area contributed by atoms with E-state index >= 15 is 0 Å². The molecule has 2 aromatic rings. The van der Waals surface area contributed by atoms with E-state index in [1.54, 1.807) is 7.05 Å². The number of piperidine rings is 1. The van der Waals surface area contributed by atoms with Gasteiger partial charge in [0, 0.05) is 38.9 Å². The highest BCUT2D eigenvalue weighted by Gasteiger charge is 2.34. The summed E-state index contributed by atoms with van der Waals surface area (Å²) in [5, 5.41) is 3.87. The van der Waals surface area contributed by atoms with Crippen molar-refractivity contribution < 1.29 is 21.6 Å². The van der Waals surface area contributed by atoms with Crippen molar-refractivity contribution in [1.29, 1.82) is 0 Å². The van der Waals surface area contributed by atoms with Gasteiger partial charge in [-0.3, -0.25) is 14.0 Å². The second kappa shape index (κ2) is 7.08. The van der Waals surface area contributed by atoms with Crippen molar-refractivity contribution in [2.75, 3.05) is 13.1 Å². The van der Waals surface area contributed by atoms with Crippen LogP contribution in [0, 0.1) is 5.92 Å². The van der Waals surface area contributed by atoms with Gasteiger partial charge in [-0.15, -0.1) is 0 Å². The molecule has 0 aliphatic carbocycles. The molecule has 0 unspecified atom stereocenters. The Bertz CT molecular complexity index is 975. The summed E-state index contributed by atoms with van der Waals surface area (Å²) in [5.74, 6) is -0.0263. The first-order valence-corrected chi connectivity index (χ1v) is 9.64. The molecule has 3 rings (SSSR count). The Morgan fingerprint density at radius 1 is 1.26 bits per heavy atom. The average molecular weight is 405 g/mol. The van der Waals surface area contributed by atoms with Gasteiger partial charge in [0.2, 0.25) is 10.0 Å². The van der Waals surface area contributed by atoms with Gasteiger partial charge in [-0.25, -0.2) is 13.4 Å². The highest BCUT2D eigenvalue weighted by molar-refractivity contribution is 7.89. The van der Waals surface area contributed by atoms with Crippen molar-refractivity contribution >= 4 is 10.0 Å². The molecule has 1 saturated heterocycles. The van der Waals surface area contributed by atoms with Gasteiger partial charge in [-0.2, -0.15) is 22.6 Å². The topological polar surface area (TPSA) is 90.1 Å². The van der Waals surface area contributed by atoms with Crippen LogP contribution >= 0.6 is 0 Å². The van der Waals surface area contributed by atoms with Crippen LogP contribution in [0.1, 0.15) is 18.5 Å². The van der Waals surface area contributed by atoms with E-state index in [4.69, 9.17) is 0 Å². The van der Waals surface area contributed by atoms with Crippen molar-refractivity contribution in [2.24, 2.45) is 13.0 Å². The SMILES string of the molecule is Cn1cc(S(=O)(=O)N2CCC(Cn3cnc(C(F)(F)F)cc3=O)CC2)cn1. The quantitative estimate of drug-likeness (QED) is 0.760. The Morgan fingerprint density at radius 3 is 2.44 bits per heavy atom. The Labute approximate surface area is 153 Å². The summed E-state index contributed by atoms with van der Waals surface area (Å²) in [6.07, 6.45) is -0.0717. The standard InChI is InChI=1S/C15H18F3N5O3S/c1-21-9-12(7-20-21)27(25,26)23-4-2-11(3-5-23)8-22-10-19-13(6-14(22)24)15(16,17)18/h6-7,9-11H,2-5,8H2,1H3. The molecule has 0 saturated carbocycles. The van der Waals surface area contributed by atoms with Crippen LogP contribution in [0.25, 0.3) is 0 Å². The lowest BCUT2D eigenvalue weighted by Crippen LogP contribution is -2.40. The molecular formula is C15H18F3N5O3S. The lowest BCUT2D eigenvalue weighted by molar-refractivity contribution is -0.141. The highest BCUT2D eigenvalue weighted by atomic mass is 32.2. The van der Waals surface area contributed by atoms with Crippen molar-refractivity contribution in [3.63, 3.8) is 0 Å². The van der Waals surface area contributed by atoms with Crippen LogP contribution in [-0.2, 0) is 29.8 Å². The molecule has 0 radical (unpaired) electrons. The molecular weight excluding hydrogens is 387 g/mol. The van der Waals surface area contributed by atoms with Gasteiger partial charge >= 0.3 is 6.18 Å². The minimum absolute atomic E-state index is 0.0263. The van der Waals surface area contributed by atoms with Crippen LogP contribution in [0.3, 0.4) is 0 Å². The Hall–Kier alpha value is -2.21. The van der Waals surface area contributed by atoms with Gasteiger partial charge in [0.15, 0.2) is 5.69 Å². The highest BCUT2D eigenvalue weighted by Crippen LogP contribution is 2.27. The summed E-state index contributed by atoms with van der Waals surface area (Å²) in [7, 11) is -2.00. The molecule has 0 aromatic carbocycles. The van der Waals surface area contributed by atoms with Crippen molar-refractivity contribution in [3.8, 4) is 0 Å². The zero-order chi connectivity index (χ0) is 19.8. The van der Waals surface area contributed by atoms with Crippen LogP contribution in [0.2, 0.25) is 0 Å². The maximum absolute atomic E-state index is 12.6. The third kappa shape index (κ3) is 4.21. The Kier molecular flexibility index (Phi) is 5.12. The zero-order valence-electron chi connectivity index (χ0n) is 14.4.